The molecule has 2 aromatic carbocycles. The zero-order valence-corrected chi connectivity index (χ0v) is 15.4. The molecule has 0 fully saturated rings. The fourth-order valence-corrected chi connectivity index (χ4v) is 2.88. The molecule has 2 N–H and O–H groups in total. The lowest BCUT2D eigenvalue weighted by Crippen LogP contribution is -2.23. The maximum atomic E-state index is 13.3. The van der Waals surface area contributed by atoms with Crippen molar-refractivity contribution in [3.05, 3.63) is 90.0 Å². The van der Waals surface area contributed by atoms with Gasteiger partial charge < -0.3 is 10.6 Å². The standard InChI is InChI=1S/C22H20FN3O2/c1-15(27)25-19-8-10-20(11-9-19)26-22(28)21(13-16-3-2-12-24-14-16)17-4-6-18(23)7-5-17/h2-12,14,21H,13H2,1H3,(H,25,27)(H,26,28). The van der Waals surface area contributed by atoms with Crippen molar-refractivity contribution in [3.63, 3.8) is 0 Å². The summed E-state index contributed by atoms with van der Waals surface area (Å²) >= 11 is 0. The van der Waals surface area contributed by atoms with E-state index in [9.17, 15) is 14.0 Å². The fourth-order valence-electron chi connectivity index (χ4n) is 2.88. The molecule has 28 heavy (non-hydrogen) atoms. The molecule has 1 heterocycles. The topological polar surface area (TPSA) is 71.1 Å². The Morgan fingerprint density at radius 1 is 0.964 bits per heavy atom. The van der Waals surface area contributed by atoms with Gasteiger partial charge in [-0.3, -0.25) is 14.6 Å². The highest BCUT2D eigenvalue weighted by atomic mass is 19.1. The number of halogens is 1. The maximum Gasteiger partial charge on any atom is 0.232 e. The number of hydrogen-bond acceptors (Lipinski definition) is 3. The third-order valence-electron chi connectivity index (χ3n) is 4.22. The molecule has 3 aromatic rings. The largest absolute Gasteiger partial charge is 0.326 e. The number of benzene rings is 2. The van der Waals surface area contributed by atoms with Gasteiger partial charge in [-0.1, -0.05) is 18.2 Å². The van der Waals surface area contributed by atoms with Crippen molar-refractivity contribution in [3.8, 4) is 0 Å². The van der Waals surface area contributed by atoms with E-state index in [1.54, 1.807) is 48.8 Å². The highest BCUT2D eigenvalue weighted by Gasteiger charge is 2.21. The molecule has 3 rings (SSSR count). The molecule has 0 bridgehead atoms. The highest BCUT2D eigenvalue weighted by molar-refractivity contribution is 5.96. The van der Waals surface area contributed by atoms with Crippen LogP contribution >= 0.6 is 0 Å². The van der Waals surface area contributed by atoms with E-state index in [1.165, 1.54) is 19.1 Å². The van der Waals surface area contributed by atoms with E-state index in [0.717, 1.165) is 11.1 Å². The first kappa shape index (κ1) is 19.2. The van der Waals surface area contributed by atoms with Gasteiger partial charge in [0.15, 0.2) is 0 Å². The van der Waals surface area contributed by atoms with Gasteiger partial charge >= 0.3 is 0 Å². The summed E-state index contributed by atoms with van der Waals surface area (Å²) < 4.78 is 13.3. The molecule has 1 atom stereocenters. The van der Waals surface area contributed by atoms with E-state index in [4.69, 9.17) is 0 Å². The highest BCUT2D eigenvalue weighted by Crippen LogP contribution is 2.24. The molecule has 0 spiro atoms. The third kappa shape index (κ3) is 5.23. The van der Waals surface area contributed by atoms with Crippen LogP contribution in [0, 0.1) is 5.82 Å². The number of carbonyl (C=O) groups is 2. The van der Waals surface area contributed by atoms with Crippen molar-refractivity contribution in [2.24, 2.45) is 0 Å². The fraction of sp³-hybridized carbons (Fsp3) is 0.136. The molecule has 142 valence electrons. The summed E-state index contributed by atoms with van der Waals surface area (Å²) in [5.74, 6) is -1.22. The Balaban J connectivity index is 1.79. The molecule has 6 heteroatoms. The molecular weight excluding hydrogens is 357 g/mol. The number of rotatable bonds is 6. The molecule has 2 amide bonds. The van der Waals surface area contributed by atoms with Crippen LogP contribution in [-0.2, 0) is 16.0 Å². The molecule has 0 saturated carbocycles. The van der Waals surface area contributed by atoms with E-state index >= 15 is 0 Å². The van der Waals surface area contributed by atoms with Crippen LogP contribution in [0.5, 0.6) is 0 Å². The summed E-state index contributed by atoms with van der Waals surface area (Å²) in [7, 11) is 0. The summed E-state index contributed by atoms with van der Waals surface area (Å²) in [5, 5.41) is 5.57. The van der Waals surface area contributed by atoms with Crippen molar-refractivity contribution in [1.29, 1.82) is 0 Å². The Morgan fingerprint density at radius 3 is 2.18 bits per heavy atom. The minimum absolute atomic E-state index is 0.162. The van der Waals surface area contributed by atoms with Crippen LogP contribution in [0.4, 0.5) is 15.8 Å². The Kier molecular flexibility index (Phi) is 6.11. The van der Waals surface area contributed by atoms with Gasteiger partial charge in [0.25, 0.3) is 0 Å². The summed E-state index contributed by atoms with van der Waals surface area (Å²) in [6, 6.07) is 16.5. The van der Waals surface area contributed by atoms with Crippen LogP contribution in [0.15, 0.2) is 73.1 Å². The van der Waals surface area contributed by atoms with Crippen LogP contribution in [-0.4, -0.2) is 16.8 Å². The Hall–Kier alpha value is -3.54. The molecule has 0 aliphatic carbocycles. The number of nitrogens with one attached hydrogen (secondary N) is 2. The lowest BCUT2D eigenvalue weighted by Gasteiger charge is -2.18. The first-order valence-electron chi connectivity index (χ1n) is 8.84. The van der Waals surface area contributed by atoms with Crippen LogP contribution in [0.25, 0.3) is 0 Å². The second-order valence-corrected chi connectivity index (χ2v) is 6.42. The number of hydrogen-bond donors (Lipinski definition) is 2. The molecule has 0 aliphatic heterocycles. The second kappa shape index (κ2) is 8.90. The Labute approximate surface area is 162 Å². The van der Waals surface area contributed by atoms with Gasteiger partial charge in [0.05, 0.1) is 5.92 Å². The van der Waals surface area contributed by atoms with Crippen molar-refractivity contribution < 1.29 is 14.0 Å². The number of pyridine rings is 1. The molecule has 0 radical (unpaired) electrons. The lowest BCUT2D eigenvalue weighted by atomic mass is 9.91. The van der Waals surface area contributed by atoms with E-state index < -0.39 is 5.92 Å². The minimum Gasteiger partial charge on any atom is -0.326 e. The molecule has 5 nitrogen and oxygen atoms in total. The molecule has 0 aliphatic rings. The van der Waals surface area contributed by atoms with E-state index in [1.807, 2.05) is 12.1 Å². The average molecular weight is 377 g/mol. The predicted molar refractivity (Wildman–Crippen MR) is 106 cm³/mol. The van der Waals surface area contributed by atoms with Crippen LogP contribution < -0.4 is 10.6 Å². The second-order valence-electron chi connectivity index (χ2n) is 6.42. The smallest absolute Gasteiger partial charge is 0.232 e. The predicted octanol–water partition coefficient (Wildman–Crippen LogP) is 4.14. The summed E-state index contributed by atoms with van der Waals surface area (Å²) in [6.45, 7) is 1.43. The summed E-state index contributed by atoms with van der Waals surface area (Å²) in [4.78, 5) is 28.2. The SMILES string of the molecule is CC(=O)Nc1ccc(NC(=O)C(Cc2cccnc2)c2ccc(F)cc2)cc1. The van der Waals surface area contributed by atoms with Gasteiger partial charge in [0, 0.05) is 30.7 Å². The number of aromatic nitrogens is 1. The summed E-state index contributed by atoms with van der Waals surface area (Å²) in [6.07, 6.45) is 3.83. The maximum absolute atomic E-state index is 13.3. The van der Waals surface area contributed by atoms with Crippen molar-refractivity contribution in [2.75, 3.05) is 10.6 Å². The Morgan fingerprint density at radius 2 is 1.61 bits per heavy atom. The summed E-state index contributed by atoms with van der Waals surface area (Å²) in [5.41, 5.74) is 2.89. The van der Waals surface area contributed by atoms with E-state index in [-0.39, 0.29) is 17.6 Å². The normalized spacial score (nSPS) is 11.5. The van der Waals surface area contributed by atoms with Gasteiger partial charge in [0.1, 0.15) is 5.82 Å². The number of anilines is 2. The molecular formula is C22H20FN3O2. The van der Waals surface area contributed by atoms with E-state index in [2.05, 4.69) is 15.6 Å². The lowest BCUT2D eigenvalue weighted by molar-refractivity contribution is -0.117. The zero-order valence-electron chi connectivity index (χ0n) is 15.4. The number of carbonyl (C=O) groups excluding carboxylic acids is 2. The zero-order chi connectivity index (χ0) is 19.9. The first-order valence-corrected chi connectivity index (χ1v) is 8.84. The first-order chi connectivity index (χ1) is 13.5. The van der Waals surface area contributed by atoms with Crippen molar-refractivity contribution in [1.82, 2.24) is 4.98 Å². The molecule has 0 saturated heterocycles. The van der Waals surface area contributed by atoms with Gasteiger partial charge in [-0.05, 0) is 60.0 Å². The molecule has 1 aromatic heterocycles. The van der Waals surface area contributed by atoms with Crippen LogP contribution in [0.3, 0.4) is 0 Å². The Bertz CT molecular complexity index is 942. The van der Waals surface area contributed by atoms with Gasteiger partial charge in [-0.2, -0.15) is 0 Å². The van der Waals surface area contributed by atoms with E-state index in [0.29, 0.717) is 17.8 Å². The minimum atomic E-state index is -0.500. The third-order valence-corrected chi connectivity index (χ3v) is 4.22. The van der Waals surface area contributed by atoms with Crippen molar-refractivity contribution >= 4 is 23.2 Å². The van der Waals surface area contributed by atoms with Crippen LogP contribution in [0.2, 0.25) is 0 Å². The van der Waals surface area contributed by atoms with Crippen molar-refractivity contribution in [2.45, 2.75) is 19.3 Å². The van der Waals surface area contributed by atoms with Gasteiger partial charge in [-0.15, -0.1) is 0 Å². The monoisotopic (exact) mass is 377 g/mol. The quantitative estimate of drug-likeness (QED) is 0.678. The van der Waals surface area contributed by atoms with Gasteiger partial charge in [-0.25, -0.2) is 4.39 Å². The van der Waals surface area contributed by atoms with Crippen LogP contribution in [0.1, 0.15) is 24.0 Å². The average Bonchev–Trinajstić information content (AvgIpc) is 2.69. The number of nitrogens with zero attached hydrogens (tertiary/aromatic N) is 1. The molecule has 1 unspecified atom stereocenters. The number of amides is 2. The van der Waals surface area contributed by atoms with Gasteiger partial charge in [0.2, 0.25) is 11.8 Å².